The summed E-state index contributed by atoms with van der Waals surface area (Å²) < 4.78 is 12.3. The standard InChI is InChI=1S/C19H25N3O2S/c1-14-18(25-13-21-14)11-22-7-5-17-15(10-22)8-19(2,24-17)12-23-16-4-3-6-20-9-16/h3-4,6,9,13,15,17H,5,7-8,10-12H2,1-2H3/t15-,17+,19-/m1/s1. The minimum Gasteiger partial charge on any atom is -0.489 e. The summed E-state index contributed by atoms with van der Waals surface area (Å²) in [6.45, 7) is 8.08. The second-order valence-corrected chi connectivity index (χ2v) is 8.37. The van der Waals surface area contributed by atoms with E-state index in [2.05, 4.69) is 28.7 Å². The number of thiazole rings is 1. The Labute approximate surface area is 153 Å². The molecule has 6 heteroatoms. The maximum atomic E-state index is 6.40. The molecule has 3 atom stereocenters. The van der Waals surface area contributed by atoms with Gasteiger partial charge in [-0.1, -0.05) is 0 Å². The molecule has 2 fully saturated rings. The molecular weight excluding hydrogens is 334 g/mol. The molecule has 0 radical (unpaired) electrons. The Bertz CT molecular complexity index is 708. The summed E-state index contributed by atoms with van der Waals surface area (Å²) in [6, 6.07) is 3.84. The van der Waals surface area contributed by atoms with Gasteiger partial charge in [0.05, 0.1) is 23.5 Å². The molecule has 4 rings (SSSR count). The lowest BCUT2D eigenvalue weighted by molar-refractivity contribution is -0.0697. The number of likely N-dealkylation sites (tertiary alicyclic amines) is 1. The van der Waals surface area contributed by atoms with E-state index < -0.39 is 0 Å². The van der Waals surface area contributed by atoms with Crippen LogP contribution in [0.5, 0.6) is 5.75 Å². The molecule has 2 aliphatic heterocycles. The topological polar surface area (TPSA) is 47.5 Å². The van der Waals surface area contributed by atoms with E-state index in [0.717, 1.165) is 38.2 Å². The highest BCUT2D eigenvalue weighted by molar-refractivity contribution is 7.09. The lowest BCUT2D eigenvalue weighted by Gasteiger charge is -2.33. The fourth-order valence-corrected chi connectivity index (χ4v) is 4.81. The highest BCUT2D eigenvalue weighted by Gasteiger charge is 2.46. The van der Waals surface area contributed by atoms with E-state index in [9.17, 15) is 0 Å². The molecule has 0 aliphatic carbocycles. The summed E-state index contributed by atoms with van der Waals surface area (Å²) >= 11 is 1.76. The molecule has 0 unspecified atom stereocenters. The number of hydrogen-bond donors (Lipinski definition) is 0. The molecule has 0 spiro atoms. The maximum absolute atomic E-state index is 6.40. The summed E-state index contributed by atoms with van der Waals surface area (Å²) in [5, 5.41) is 0. The Morgan fingerprint density at radius 2 is 2.40 bits per heavy atom. The second kappa shape index (κ2) is 7.02. The van der Waals surface area contributed by atoms with Gasteiger partial charge >= 0.3 is 0 Å². The van der Waals surface area contributed by atoms with Crippen LogP contribution in [-0.2, 0) is 11.3 Å². The van der Waals surface area contributed by atoms with Gasteiger partial charge in [-0.2, -0.15) is 0 Å². The number of aryl methyl sites for hydroxylation is 1. The first-order valence-electron chi connectivity index (χ1n) is 8.93. The van der Waals surface area contributed by atoms with E-state index in [1.807, 2.05) is 17.6 Å². The number of nitrogens with zero attached hydrogens (tertiary/aromatic N) is 3. The minimum atomic E-state index is -0.207. The molecule has 0 amide bonds. The van der Waals surface area contributed by atoms with Gasteiger partial charge < -0.3 is 9.47 Å². The first kappa shape index (κ1) is 16.9. The van der Waals surface area contributed by atoms with Gasteiger partial charge in [-0.3, -0.25) is 9.88 Å². The molecule has 0 aromatic carbocycles. The van der Waals surface area contributed by atoms with Crippen LogP contribution in [0.25, 0.3) is 0 Å². The number of fused-ring (bicyclic) bond motifs is 1. The predicted molar refractivity (Wildman–Crippen MR) is 97.9 cm³/mol. The third kappa shape index (κ3) is 3.86. The average molecular weight is 359 g/mol. The highest BCUT2D eigenvalue weighted by Crippen LogP contribution is 2.40. The van der Waals surface area contributed by atoms with E-state index in [0.29, 0.717) is 18.6 Å². The zero-order valence-electron chi connectivity index (χ0n) is 14.9. The Kier molecular flexibility index (Phi) is 4.75. The first-order chi connectivity index (χ1) is 12.1. The fourth-order valence-electron chi connectivity index (χ4n) is 3.99. The van der Waals surface area contributed by atoms with Crippen molar-refractivity contribution in [3.63, 3.8) is 0 Å². The van der Waals surface area contributed by atoms with Crippen molar-refractivity contribution < 1.29 is 9.47 Å². The number of ether oxygens (including phenoxy) is 2. The zero-order chi connectivity index (χ0) is 17.3. The highest BCUT2D eigenvalue weighted by atomic mass is 32.1. The number of aromatic nitrogens is 2. The smallest absolute Gasteiger partial charge is 0.137 e. The van der Waals surface area contributed by atoms with Gasteiger partial charge in [-0.15, -0.1) is 11.3 Å². The van der Waals surface area contributed by atoms with E-state index in [1.165, 1.54) is 10.6 Å². The molecule has 134 valence electrons. The number of pyridine rings is 1. The summed E-state index contributed by atoms with van der Waals surface area (Å²) in [4.78, 5) is 12.4. The Morgan fingerprint density at radius 3 is 3.16 bits per heavy atom. The Hall–Kier alpha value is -1.50. The van der Waals surface area contributed by atoms with Gasteiger partial charge in [0.1, 0.15) is 18.0 Å². The monoisotopic (exact) mass is 359 g/mol. The number of rotatable bonds is 5. The summed E-state index contributed by atoms with van der Waals surface area (Å²) in [6.07, 6.45) is 6.03. The molecule has 2 aromatic heterocycles. The van der Waals surface area contributed by atoms with Crippen molar-refractivity contribution in [1.29, 1.82) is 0 Å². The van der Waals surface area contributed by atoms with Crippen LogP contribution in [0.4, 0.5) is 0 Å². The fraction of sp³-hybridized carbons (Fsp3) is 0.579. The van der Waals surface area contributed by atoms with E-state index in [-0.39, 0.29) is 5.60 Å². The molecule has 4 heterocycles. The quantitative estimate of drug-likeness (QED) is 0.820. The Morgan fingerprint density at radius 1 is 1.48 bits per heavy atom. The normalized spacial score (nSPS) is 29.5. The van der Waals surface area contributed by atoms with Crippen LogP contribution in [0.15, 0.2) is 30.0 Å². The van der Waals surface area contributed by atoms with Crippen molar-refractivity contribution in [3.05, 3.63) is 40.6 Å². The molecule has 5 nitrogen and oxygen atoms in total. The molecule has 2 saturated heterocycles. The summed E-state index contributed by atoms with van der Waals surface area (Å²) in [7, 11) is 0. The zero-order valence-corrected chi connectivity index (χ0v) is 15.7. The maximum Gasteiger partial charge on any atom is 0.137 e. The molecule has 0 bridgehead atoms. The largest absolute Gasteiger partial charge is 0.489 e. The van der Waals surface area contributed by atoms with Crippen LogP contribution in [0.3, 0.4) is 0 Å². The van der Waals surface area contributed by atoms with Crippen LogP contribution in [0, 0.1) is 12.8 Å². The minimum absolute atomic E-state index is 0.207. The van der Waals surface area contributed by atoms with Gasteiger partial charge in [-0.05, 0) is 38.8 Å². The number of piperidine rings is 1. The van der Waals surface area contributed by atoms with Crippen molar-refractivity contribution in [2.45, 2.75) is 44.9 Å². The molecule has 25 heavy (non-hydrogen) atoms. The average Bonchev–Trinajstić information content (AvgIpc) is 3.17. The van der Waals surface area contributed by atoms with Gasteiger partial charge in [0, 0.05) is 36.6 Å². The van der Waals surface area contributed by atoms with Gasteiger partial charge in [0.25, 0.3) is 0 Å². The van der Waals surface area contributed by atoms with Crippen LogP contribution in [-0.4, -0.2) is 46.3 Å². The lowest BCUT2D eigenvalue weighted by Crippen LogP contribution is -2.40. The van der Waals surface area contributed by atoms with Crippen LogP contribution < -0.4 is 4.74 Å². The van der Waals surface area contributed by atoms with Crippen LogP contribution >= 0.6 is 11.3 Å². The SMILES string of the molecule is Cc1ncsc1CN1CC[C@@H]2O[C@@](C)(COc3cccnc3)C[C@@H]2C1. The molecule has 2 aromatic rings. The van der Waals surface area contributed by atoms with Gasteiger partial charge in [0.15, 0.2) is 0 Å². The lowest BCUT2D eigenvalue weighted by atomic mass is 9.89. The summed E-state index contributed by atoms with van der Waals surface area (Å²) in [5.41, 5.74) is 2.91. The van der Waals surface area contributed by atoms with Crippen LogP contribution in [0.1, 0.15) is 30.3 Å². The van der Waals surface area contributed by atoms with Crippen molar-refractivity contribution in [3.8, 4) is 5.75 Å². The van der Waals surface area contributed by atoms with Crippen molar-refractivity contribution >= 4 is 11.3 Å². The van der Waals surface area contributed by atoms with E-state index in [1.54, 1.807) is 23.7 Å². The number of hydrogen-bond acceptors (Lipinski definition) is 6. The second-order valence-electron chi connectivity index (χ2n) is 7.43. The molecular formula is C19H25N3O2S. The molecule has 0 N–H and O–H groups in total. The van der Waals surface area contributed by atoms with Crippen molar-refractivity contribution in [2.24, 2.45) is 5.92 Å². The van der Waals surface area contributed by atoms with E-state index >= 15 is 0 Å². The Balaban J connectivity index is 1.34. The molecule has 0 saturated carbocycles. The summed E-state index contributed by atoms with van der Waals surface area (Å²) in [5.74, 6) is 1.40. The van der Waals surface area contributed by atoms with Crippen molar-refractivity contribution in [1.82, 2.24) is 14.9 Å². The third-order valence-corrected chi connectivity index (χ3v) is 6.19. The third-order valence-electron chi connectivity index (χ3n) is 5.27. The molecule has 2 aliphatic rings. The van der Waals surface area contributed by atoms with Crippen molar-refractivity contribution in [2.75, 3.05) is 19.7 Å². The first-order valence-corrected chi connectivity index (χ1v) is 9.81. The van der Waals surface area contributed by atoms with Gasteiger partial charge in [-0.25, -0.2) is 4.98 Å². The predicted octanol–water partition coefficient (Wildman–Crippen LogP) is 3.30. The van der Waals surface area contributed by atoms with Crippen LogP contribution in [0.2, 0.25) is 0 Å². The van der Waals surface area contributed by atoms with Gasteiger partial charge in [0.2, 0.25) is 0 Å². The van der Waals surface area contributed by atoms with E-state index in [4.69, 9.17) is 9.47 Å².